The summed E-state index contributed by atoms with van der Waals surface area (Å²) in [6.07, 6.45) is 9.65. The fraction of sp³-hybridized carbons (Fsp3) is 0.682. The second-order valence-electron chi connectivity index (χ2n) is 8.56. The third-order valence-electron chi connectivity index (χ3n) is 6.43. The minimum absolute atomic E-state index is 0.0347. The molecule has 2 saturated carbocycles. The lowest BCUT2D eigenvalue weighted by molar-refractivity contribution is 0.0393. The van der Waals surface area contributed by atoms with Crippen molar-refractivity contribution < 1.29 is 9.84 Å². The highest BCUT2D eigenvalue weighted by atomic mass is 16.5. The van der Waals surface area contributed by atoms with Crippen LogP contribution in [0.25, 0.3) is 0 Å². The number of fused-ring (bicyclic) bond motifs is 1. The van der Waals surface area contributed by atoms with Crippen molar-refractivity contribution in [3.05, 3.63) is 29.8 Å². The molecule has 0 radical (unpaired) electrons. The van der Waals surface area contributed by atoms with Gasteiger partial charge in [-0.15, -0.1) is 0 Å². The number of aliphatic imine (C=N–C) groups is 1. The number of para-hydroxylation sites is 1. The molecular weight excluding hydrogens is 338 g/mol. The SMILES string of the molecule is CCNC(=NCC1(O)CCCC1)NC1CC2(CCCC2)Oc2ccccc21. The van der Waals surface area contributed by atoms with Crippen LogP contribution in [-0.2, 0) is 0 Å². The predicted molar refractivity (Wildman–Crippen MR) is 108 cm³/mol. The van der Waals surface area contributed by atoms with Crippen molar-refractivity contribution >= 4 is 5.96 Å². The van der Waals surface area contributed by atoms with Crippen LogP contribution in [0.2, 0.25) is 0 Å². The molecule has 2 fully saturated rings. The summed E-state index contributed by atoms with van der Waals surface area (Å²) in [6, 6.07) is 8.56. The van der Waals surface area contributed by atoms with E-state index in [4.69, 9.17) is 9.73 Å². The van der Waals surface area contributed by atoms with Gasteiger partial charge >= 0.3 is 0 Å². The Bertz CT molecular complexity index is 676. The number of nitrogens with one attached hydrogen (secondary N) is 2. The number of ether oxygens (including phenoxy) is 1. The van der Waals surface area contributed by atoms with Gasteiger partial charge in [0.05, 0.1) is 18.2 Å². The highest BCUT2D eigenvalue weighted by Gasteiger charge is 2.43. The van der Waals surface area contributed by atoms with E-state index < -0.39 is 5.60 Å². The van der Waals surface area contributed by atoms with Crippen LogP contribution in [0.5, 0.6) is 5.75 Å². The minimum Gasteiger partial charge on any atom is -0.487 e. The summed E-state index contributed by atoms with van der Waals surface area (Å²) < 4.78 is 6.47. The second-order valence-corrected chi connectivity index (χ2v) is 8.56. The lowest BCUT2D eigenvalue weighted by Crippen LogP contribution is -2.47. The molecule has 1 aliphatic heterocycles. The van der Waals surface area contributed by atoms with Gasteiger partial charge in [0.25, 0.3) is 0 Å². The Morgan fingerprint density at radius 2 is 1.85 bits per heavy atom. The fourth-order valence-corrected chi connectivity index (χ4v) is 4.98. The Morgan fingerprint density at radius 3 is 2.59 bits per heavy atom. The Labute approximate surface area is 162 Å². The van der Waals surface area contributed by atoms with Crippen molar-refractivity contribution in [3.63, 3.8) is 0 Å². The average molecular weight is 372 g/mol. The maximum absolute atomic E-state index is 10.7. The van der Waals surface area contributed by atoms with Crippen molar-refractivity contribution in [2.24, 2.45) is 4.99 Å². The normalized spacial score (nSPS) is 25.9. The third kappa shape index (κ3) is 4.08. The molecule has 1 aromatic carbocycles. The van der Waals surface area contributed by atoms with E-state index in [9.17, 15) is 5.11 Å². The first-order valence-corrected chi connectivity index (χ1v) is 10.7. The summed E-state index contributed by atoms with van der Waals surface area (Å²) >= 11 is 0. The number of guanidine groups is 1. The summed E-state index contributed by atoms with van der Waals surface area (Å²) in [5.41, 5.74) is 0.551. The molecule has 1 unspecified atom stereocenters. The monoisotopic (exact) mass is 371 g/mol. The molecule has 1 aromatic rings. The quantitative estimate of drug-likeness (QED) is 0.558. The Kier molecular flexibility index (Phi) is 5.31. The zero-order valence-electron chi connectivity index (χ0n) is 16.5. The van der Waals surface area contributed by atoms with E-state index in [1.54, 1.807) is 0 Å². The maximum Gasteiger partial charge on any atom is 0.191 e. The molecule has 0 saturated heterocycles. The van der Waals surface area contributed by atoms with Crippen molar-refractivity contribution in [2.45, 2.75) is 82.0 Å². The van der Waals surface area contributed by atoms with Crippen molar-refractivity contribution in [1.29, 1.82) is 0 Å². The van der Waals surface area contributed by atoms with Gasteiger partial charge < -0.3 is 20.5 Å². The van der Waals surface area contributed by atoms with Crippen LogP contribution < -0.4 is 15.4 Å². The average Bonchev–Trinajstić information content (AvgIpc) is 3.30. The van der Waals surface area contributed by atoms with Gasteiger partial charge in [0.15, 0.2) is 5.96 Å². The van der Waals surface area contributed by atoms with Crippen LogP contribution in [0.1, 0.15) is 76.3 Å². The molecule has 27 heavy (non-hydrogen) atoms. The number of benzene rings is 1. The summed E-state index contributed by atoms with van der Waals surface area (Å²) in [6.45, 7) is 3.36. The molecular formula is C22H33N3O2. The molecule has 1 spiro atoms. The fourth-order valence-electron chi connectivity index (χ4n) is 4.98. The third-order valence-corrected chi connectivity index (χ3v) is 6.43. The topological polar surface area (TPSA) is 65.9 Å². The molecule has 1 heterocycles. The van der Waals surface area contributed by atoms with E-state index in [0.29, 0.717) is 6.54 Å². The zero-order chi connectivity index (χ0) is 18.7. The van der Waals surface area contributed by atoms with Gasteiger partial charge in [-0.05, 0) is 51.5 Å². The van der Waals surface area contributed by atoms with E-state index in [-0.39, 0.29) is 11.6 Å². The molecule has 4 rings (SSSR count). The molecule has 5 nitrogen and oxygen atoms in total. The van der Waals surface area contributed by atoms with Crippen molar-refractivity contribution in [3.8, 4) is 5.75 Å². The number of nitrogens with zero attached hydrogens (tertiary/aromatic N) is 1. The van der Waals surface area contributed by atoms with Gasteiger partial charge in [-0.1, -0.05) is 31.0 Å². The minimum atomic E-state index is -0.622. The van der Waals surface area contributed by atoms with E-state index in [0.717, 1.165) is 63.2 Å². The number of rotatable bonds is 4. The number of aliphatic hydroxyl groups is 1. The standard InChI is InChI=1S/C22H33N3O2/c1-2-23-20(24-16-21(26)11-5-6-12-21)25-18-15-22(13-7-8-14-22)27-19-10-4-3-9-17(18)19/h3-4,9-10,18,26H,2,5-8,11-16H2,1H3,(H2,23,24,25). The van der Waals surface area contributed by atoms with Gasteiger partial charge in [-0.2, -0.15) is 0 Å². The summed E-state index contributed by atoms with van der Waals surface area (Å²) in [5.74, 6) is 1.81. The van der Waals surface area contributed by atoms with E-state index in [1.807, 2.05) is 0 Å². The van der Waals surface area contributed by atoms with Crippen LogP contribution >= 0.6 is 0 Å². The van der Waals surface area contributed by atoms with E-state index >= 15 is 0 Å². The largest absolute Gasteiger partial charge is 0.487 e. The second kappa shape index (κ2) is 7.70. The highest BCUT2D eigenvalue weighted by Crippen LogP contribution is 2.47. The Hall–Kier alpha value is -1.75. The van der Waals surface area contributed by atoms with Crippen LogP contribution in [-0.4, -0.2) is 35.4 Å². The first-order valence-electron chi connectivity index (χ1n) is 10.7. The smallest absolute Gasteiger partial charge is 0.191 e. The summed E-state index contributed by atoms with van der Waals surface area (Å²) in [5, 5.41) is 17.7. The number of hydrogen-bond acceptors (Lipinski definition) is 3. The molecule has 1 atom stereocenters. The predicted octanol–water partition coefficient (Wildman–Crippen LogP) is 3.68. The summed E-state index contributed by atoms with van der Waals surface area (Å²) in [7, 11) is 0. The van der Waals surface area contributed by atoms with Gasteiger partial charge in [-0.3, -0.25) is 4.99 Å². The molecule has 2 aliphatic carbocycles. The van der Waals surface area contributed by atoms with Gasteiger partial charge in [0, 0.05) is 18.5 Å². The molecule has 0 amide bonds. The maximum atomic E-state index is 10.7. The molecule has 5 heteroatoms. The molecule has 3 aliphatic rings. The lowest BCUT2D eigenvalue weighted by Gasteiger charge is -2.40. The summed E-state index contributed by atoms with van der Waals surface area (Å²) in [4.78, 5) is 4.75. The van der Waals surface area contributed by atoms with E-state index in [2.05, 4.69) is 41.8 Å². The Balaban J connectivity index is 1.54. The molecule has 3 N–H and O–H groups in total. The molecule has 0 bridgehead atoms. The lowest BCUT2D eigenvalue weighted by atomic mass is 9.86. The first kappa shape index (κ1) is 18.6. The van der Waals surface area contributed by atoms with Crippen molar-refractivity contribution in [1.82, 2.24) is 10.6 Å². The molecule has 148 valence electrons. The van der Waals surface area contributed by atoms with Gasteiger partial charge in [-0.25, -0.2) is 0 Å². The van der Waals surface area contributed by atoms with Crippen LogP contribution in [0.4, 0.5) is 0 Å². The zero-order valence-corrected chi connectivity index (χ0v) is 16.5. The molecule has 0 aromatic heterocycles. The van der Waals surface area contributed by atoms with Crippen LogP contribution in [0.15, 0.2) is 29.3 Å². The van der Waals surface area contributed by atoms with Gasteiger partial charge in [0.2, 0.25) is 0 Å². The Morgan fingerprint density at radius 1 is 1.15 bits per heavy atom. The van der Waals surface area contributed by atoms with Gasteiger partial charge in [0.1, 0.15) is 11.4 Å². The first-order chi connectivity index (χ1) is 13.1. The van der Waals surface area contributed by atoms with Crippen LogP contribution in [0.3, 0.4) is 0 Å². The van der Waals surface area contributed by atoms with Crippen LogP contribution in [0, 0.1) is 0 Å². The van der Waals surface area contributed by atoms with E-state index in [1.165, 1.54) is 18.4 Å². The number of hydrogen-bond donors (Lipinski definition) is 3. The van der Waals surface area contributed by atoms with Crippen molar-refractivity contribution in [2.75, 3.05) is 13.1 Å². The highest BCUT2D eigenvalue weighted by molar-refractivity contribution is 5.80.